The Kier molecular flexibility index (Phi) is 4.86. The predicted molar refractivity (Wildman–Crippen MR) is 115 cm³/mol. The first kappa shape index (κ1) is 18.7. The second-order valence-electron chi connectivity index (χ2n) is 7.55. The van der Waals surface area contributed by atoms with Crippen LogP contribution in [0.15, 0.2) is 59.7 Å². The summed E-state index contributed by atoms with van der Waals surface area (Å²) in [5, 5.41) is 7.32. The molecule has 2 saturated heterocycles. The predicted octanol–water partition coefficient (Wildman–Crippen LogP) is 1.43. The van der Waals surface area contributed by atoms with Gasteiger partial charge < -0.3 is 15.0 Å². The summed E-state index contributed by atoms with van der Waals surface area (Å²) in [6, 6.07) is 16.3. The molecule has 154 valence electrons. The molecule has 3 unspecified atom stereocenters. The Morgan fingerprint density at radius 2 is 2.00 bits per heavy atom. The first-order valence-corrected chi connectivity index (χ1v) is 10.0. The van der Waals surface area contributed by atoms with Gasteiger partial charge in [-0.15, -0.1) is 0 Å². The van der Waals surface area contributed by atoms with Crippen LogP contribution in [-0.4, -0.2) is 43.2 Å². The highest BCUT2D eigenvalue weighted by Crippen LogP contribution is 2.32. The molecule has 0 bridgehead atoms. The summed E-state index contributed by atoms with van der Waals surface area (Å²) in [6.07, 6.45) is 1.90. The highest BCUT2D eigenvalue weighted by molar-refractivity contribution is 6.01. The second kappa shape index (κ2) is 7.81. The van der Waals surface area contributed by atoms with Crippen molar-refractivity contribution in [1.29, 1.82) is 0 Å². The number of ether oxygens (including phenoxy) is 1. The van der Waals surface area contributed by atoms with Crippen LogP contribution < -0.4 is 26.2 Å². The minimum Gasteiger partial charge on any atom is -0.497 e. The van der Waals surface area contributed by atoms with Gasteiger partial charge in [0.1, 0.15) is 11.9 Å². The van der Waals surface area contributed by atoms with E-state index in [1.54, 1.807) is 7.11 Å². The van der Waals surface area contributed by atoms with Crippen molar-refractivity contribution in [2.24, 2.45) is 10.9 Å². The Bertz CT molecular complexity index is 1090. The Labute approximate surface area is 174 Å². The molecule has 8 heteroatoms. The Hall–Kier alpha value is -3.36. The van der Waals surface area contributed by atoms with Crippen LogP contribution in [0.2, 0.25) is 0 Å². The third-order valence-corrected chi connectivity index (χ3v) is 5.80. The number of para-hydroxylation sites is 1. The van der Waals surface area contributed by atoms with Gasteiger partial charge in [-0.1, -0.05) is 30.3 Å². The minimum absolute atomic E-state index is 0.0191. The molecule has 0 aliphatic carbocycles. The van der Waals surface area contributed by atoms with Crippen LogP contribution in [0.1, 0.15) is 17.0 Å². The second-order valence-corrected chi connectivity index (χ2v) is 7.55. The van der Waals surface area contributed by atoms with E-state index in [1.165, 1.54) is 10.9 Å². The van der Waals surface area contributed by atoms with Crippen molar-refractivity contribution in [2.75, 3.05) is 20.2 Å². The smallest absolute Gasteiger partial charge is 0.234 e. The lowest BCUT2D eigenvalue weighted by Gasteiger charge is -2.27. The fourth-order valence-corrected chi connectivity index (χ4v) is 4.14. The van der Waals surface area contributed by atoms with Crippen LogP contribution in [0.4, 0.5) is 0 Å². The zero-order valence-electron chi connectivity index (χ0n) is 16.6. The molecule has 3 heterocycles. The van der Waals surface area contributed by atoms with E-state index >= 15 is 0 Å². The number of carbonyl (C=O) groups excluding carboxylic acids is 1. The number of hydrogen-bond acceptors (Lipinski definition) is 5. The zero-order valence-corrected chi connectivity index (χ0v) is 16.6. The maximum Gasteiger partial charge on any atom is 0.234 e. The maximum atomic E-state index is 12.3. The fourth-order valence-electron chi connectivity index (χ4n) is 4.14. The number of amides is 1. The number of H-pyrrole nitrogens is 1. The normalized spacial score (nSPS) is 23.1. The van der Waals surface area contributed by atoms with E-state index in [2.05, 4.69) is 50.7 Å². The number of benzene rings is 2. The van der Waals surface area contributed by atoms with E-state index in [0.29, 0.717) is 19.0 Å². The Balaban J connectivity index is 1.47. The van der Waals surface area contributed by atoms with Crippen LogP contribution in [0.25, 0.3) is 10.9 Å². The summed E-state index contributed by atoms with van der Waals surface area (Å²) in [5.41, 5.74) is 9.48. The topological polar surface area (TPSA) is 103 Å². The number of nitrogens with zero attached hydrogens (tertiary/aromatic N) is 1. The van der Waals surface area contributed by atoms with Crippen molar-refractivity contribution in [3.63, 3.8) is 0 Å². The minimum atomic E-state index is -0.148. The third kappa shape index (κ3) is 3.40. The Morgan fingerprint density at radius 1 is 1.17 bits per heavy atom. The monoisotopic (exact) mass is 404 g/mol. The van der Waals surface area contributed by atoms with E-state index < -0.39 is 0 Å². The van der Waals surface area contributed by atoms with Crippen LogP contribution >= 0.6 is 0 Å². The molecule has 1 aromatic heterocycles. The van der Waals surface area contributed by atoms with Gasteiger partial charge in [-0.3, -0.25) is 20.5 Å². The van der Waals surface area contributed by atoms with E-state index in [9.17, 15) is 4.79 Å². The van der Waals surface area contributed by atoms with Crippen LogP contribution in [-0.2, 0) is 4.79 Å². The lowest BCUT2D eigenvalue weighted by molar-refractivity contribution is -0.124. The lowest BCUT2D eigenvalue weighted by atomic mass is 9.91. The van der Waals surface area contributed by atoms with Crippen molar-refractivity contribution >= 4 is 22.8 Å². The van der Waals surface area contributed by atoms with Gasteiger partial charge in [0, 0.05) is 29.6 Å². The third-order valence-electron chi connectivity index (χ3n) is 5.80. The number of aromatic amines is 1. The molecule has 2 aliphatic rings. The van der Waals surface area contributed by atoms with Gasteiger partial charge in [0.15, 0.2) is 5.96 Å². The summed E-state index contributed by atoms with van der Waals surface area (Å²) < 4.78 is 5.31. The van der Waals surface area contributed by atoms with Crippen molar-refractivity contribution < 1.29 is 9.53 Å². The molecule has 1 amide bonds. The summed E-state index contributed by atoms with van der Waals surface area (Å²) in [4.78, 5) is 20.4. The van der Waals surface area contributed by atoms with Crippen LogP contribution in [0, 0.1) is 5.92 Å². The maximum absolute atomic E-state index is 12.3. The van der Waals surface area contributed by atoms with E-state index in [1.807, 2.05) is 30.5 Å². The van der Waals surface area contributed by atoms with Crippen LogP contribution in [0.5, 0.6) is 5.75 Å². The van der Waals surface area contributed by atoms with Crippen molar-refractivity contribution in [3.8, 4) is 5.75 Å². The number of methoxy groups -OCH3 is 1. The molecule has 2 fully saturated rings. The van der Waals surface area contributed by atoms with Crippen molar-refractivity contribution in [3.05, 3.63) is 65.9 Å². The van der Waals surface area contributed by atoms with Gasteiger partial charge in [-0.25, -0.2) is 5.43 Å². The number of hydrogen-bond donors (Lipinski definition) is 5. The molecule has 0 radical (unpaired) electrons. The molecular formula is C22H24N6O2. The van der Waals surface area contributed by atoms with Crippen molar-refractivity contribution in [2.45, 2.75) is 12.1 Å². The fraction of sp³-hybridized carbons (Fsp3) is 0.273. The molecule has 3 aromatic rings. The number of aliphatic imine (C=N–C) groups is 1. The van der Waals surface area contributed by atoms with E-state index in [-0.39, 0.29) is 23.9 Å². The summed E-state index contributed by atoms with van der Waals surface area (Å²) in [5.74, 6) is 1.16. The highest BCUT2D eigenvalue weighted by Gasteiger charge is 2.38. The first-order valence-electron chi connectivity index (χ1n) is 10.0. The van der Waals surface area contributed by atoms with Gasteiger partial charge in [0.05, 0.1) is 19.6 Å². The highest BCUT2D eigenvalue weighted by atomic mass is 16.5. The number of carbonyl (C=O) groups is 1. The van der Waals surface area contributed by atoms with Crippen molar-refractivity contribution in [1.82, 2.24) is 26.5 Å². The Morgan fingerprint density at radius 3 is 2.83 bits per heavy atom. The zero-order chi connectivity index (χ0) is 20.5. The largest absolute Gasteiger partial charge is 0.497 e. The van der Waals surface area contributed by atoms with Gasteiger partial charge in [0.25, 0.3) is 0 Å². The average molecular weight is 404 g/mol. The number of guanidine groups is 1. The summed E-state index contributed by atoms with van der Waals surface area (Å²) >= 11 is 0. The van der Waals surface area contributed by atoms with Gasteiger partial charge in [-0.05, 0) is 29.3 Å². The summed E-state index contributed by atoms with van der Waals surface area (Å²) in [6.45, 7) is 1.09. The molecular weight excluding hydrogens is 380 g/mol. The van der Waals surface area contributed by atoms with Gasteiger partial charge >= 0.3 is 0 Å². The quantitative estimate of drug-likeness (QED) is 0.443. The number of aromatic nitrogens is 1. The number of fused-ring (bicyclic) bond motifs is 2. The molecule has 5 rings (SSSR count). The average Bonchev–Trinajstić information content (AvgIpc) is 3.42. The number of hydrazine groups is 1. The number of nitrogens with one attached hydrogen (secondary N) is 5. The molecule has 2 aliphatic heterocycles. The van der Waals surface area contributed by atoms with Gasteiger partial charge in [0.2, 0.25) is 5.91 Å². The van der Waals surface area contributed by atoms with E-state index in [4.69, 9.17) is 9.73 Å². The molecule has 3 atom stereocenters. The molecule has 30 heavy (non-hydrogen) atoms. The first-order chi connectivity index (χ1) is 14.7. The lowest BCUT2D eigenvalue weighted by Crippen LogP contribution is -2.61. The standard InChI is InChI=1S/C22H24N6O2/c1-30-14-8-6-13(7-9-14)16(17-11-23-19-5-3-2-4-15(17)19)10-24-22-26-20-18(12-25-28-20)21(29)27-22/h2-9,11,16,18,20,23,25,28H,10,12H2,1H3,(H2,24,26,27,29). The molecule has 0 saturated carbocycles. The van der Waals surface area contributed by atoms with E-state index in [0.717, 1.165) is 16.8 Å². The van der Waals surface area contributed by atoms with Crippen LogP contribution in [0.3, 0.4) is 0 Å². The summed E-state index contributed by atoms with van der Waals surface area (Å²) in [7, 11) is 1.66. The SMILES string of the molecule is COc1ccc(C(CN=C2NC(=O)C3CNNC3N2)c2c[nH]c3ccccc23)cc1. The number of rotatable bonds is 5. The molecule has 8 nitrogen and oxygen atoms in total. The van der Waals surface area contributed by atoms with Gasteiger partial charge in [-0.2, -0.15) is 0 Å². The molecule has 5 N–H and O–H groups in total. The molecule has 2 aromatic carbocycles. The molecule has 0 spiro atoms.